The van der Waals surface area contributed by atoms with Gasteiger partial charge in [0.25, 0.3) is 0 Å². The Kier molecular flexibility index (Phi) is 3.39. The molecule has 1 heterocycles. The summed E-state index contributed by atoms with van der Waals surface area (Å²) in [6.07, 6.45) is 0. The Labute approximate surface area is 100 Å². The van der Waals surface area contributed by atoms with Crippen LogP contribution in [0.3, 0.4) is 0 Å². The molecule has 0 aliphatic carbocycles. The van der Waals surface area contributed by atoms with Crippen LogP contribution in [0.1, 0.15) is 28.3 Å². The number of rotatable bonds is 3. The van der Waals surface area contributed by atoms with E-state index < -0.39 is 0 Å². The lowest BCUT2D eigenvalue weighted by Gasteiger charge is -2.17. The summed E-state index contributed by atoms with van der Waals surface area (Å²) in [6.45, 7) is 4.21. The fourth-order valence-electron chi connectivity index (χ4n) is 1.88. The Morgan fingerprint density at radius 3 is 2.62 bits per heavy atom. The topological polar surface area (TPSA) is 38.0 Å². The molecule has 0 aliphatic heterocycles. The third-order valence-electron chi connectivity index (χ3n) is 2.75. The number of aryl methyl sites for hydroxylation is 2. The first-order valence-corrected chi connectivity index (χ1v) is 6.22. The van der Waals surface area contributed by atoms with Crippen LogP contribution in [0.25, 0.3) is 0 Å². The molecule has 0 saturated carbocycles. The van der Waals surface area contributed by atoms with Crippen LogP contribution in [0, 0.1) is 13.8 Å². The molecule has 2 aromatic rings. The number of hydrogen-bond donors (Lipinski definition) is 2. The Hall–Kier alpha value is -1.16. The highest BCUT2D eigenvalue weighted by molar-refractivity contribution is 7.08. The van der Waals surface area contributed by atoms with Gasteiger partial charge in [-0.25, -0.2) is 5.43 Å². The first-order valence-electron chi connectivity index (χ1n) is 5.27. The van der Waals surface area contributed by atoms with Crippen LogP contribution >= 0.6 is 11.3 Å². The Balaban J connectivity index is 2.40. The van der Waals surface area contributed by atoms with Gasteiger partial charge in [0.1, 0.15) is 0 Å². The molecule has 1 atom stereocenters. The first kappa shape index (κ1) is 11.3. The number of benzene rings is 1. The van der Waals surface area contributed by atoms with Crippen molar-refractivity contribution in [2.45, 2.75) is 19.9 Å². The van der Waals surface area contributed by atoms with Crippen LogP contribution in [0.5, 0.6) is 0 Å². The summed E-state index contributed by atoms with van der Waals surface area (Å²) < 4.78 is 0. The van der Waals surface area contributed by atoms with Crippen molar-refractivity contribution in [2.24, 2.45) is 5.84 Å². The van der Waals surface area contributed by atoms with Gasteiger partial charge in [-0.3, -0.25) is 5.84 Å². The standard InChI is InChI=1S/C13H16N2S/c1-9-4-3-5-11(6-9)13(15-14)12-8-16-7-10(12)2/h3-8,13,15H,14H2,1-2H3. The number of nitrogens with one attached hydrogen (secondary N) is 1. The number of nitrogens with two attached hydrogens (primary N) is 1. The average molecular weight is 232 g/mol. The van der Waals surface area contributed by atoms with E-state index in [0.29, 0.717) is 0 Å². The smallest absolute Gasteiger partial charge is 0.0720 e. The monoisotopic (exact) mass is 232 g/mol. The zero-order chi connectivity index (χ0) is 11.5. The SMILES string of the molecule is Cc1cccc(C(NN)c2cscc2C)c1. The van der Waals surface area contributed by atoms with E-state index >= 15 is 0 Å². The zero-order valence-electron chi connectivity index (χ0n) is 9.53. The van der Waals surface area contributed by atoms with Crippen molar-refractivity contribution in [3.05, 3.63) is 57.3 Å². The molecule has 0 fully saturated rings. The highest BCUT2D eigenvalue weighted by Gasteiger charge is 2.14. The lowest BCUT2D eigenvalue weighted by molar-refractivity contribution is 0.635. The summed E-state index contributed by atoms with van der Waals surface area (Å²) >= 11 is 1.71. The van der Waals surface area contributed by atoms with Gasteiger partial charge in [0.05, 0.1) is 6.04 Å². The normalized spacial score (nSPS) is 12.7. The average Bonchev–Trinajstić information content (AvgIpc) is 2.67. The molecule has 84 valence electrons. The van der Waals surface area contributed by atoms with E-state index in [1.807, 2.05) is 0 Å². The maximum Gasteiger partial charge on any atom is 0.0720 e. The van der Waals surface area contributed by atoms with E-state index in [-0.39, 0.29) is 6.04 Å². The molecule has 2 nitrogen and oxygen atoms in total. The summed E-state index contributed by atoms with van der Waals surface area (Å²) in [6, 6.07) is 8.52. The number of thiophene rings is 1. The molecule has 0 saturated heterocycles. The minimum absolute atomic E-state index is 0.0890. The van der Waals surface area contributed by atoms with Gasteiger partial charge in [-0.2, -0.15) is 11.3 Å². The van der Waals surface area contributed by atoms with Gasteiger partial charge in [0.15, 0.2) is 0 Å². The van der Waals surface area contributed by atoms with E-state index in [1.54, 1.807) is 11.3 Å². The van der Waals surface area contributed by atoms with Crippen LogP contribution in [0.2, 0.25) is 0 Å². The molecule has 0 spiro atoms. The maximum absolute atomic E-state index is 5.67. The van der Waals surface area contributed by atoms with Crippen LogP contribution in [-0.2, 0) is 0 Å². The van der Waals surface area contributed by atoms with Gasteiger partial charge in [-0.15, -0.1) is 0 Å². The molecular formula is C13H16N2S. The summed E-state index contributed by atoms with van der Waals surface area (Å²) in [4.78, 5) is 0. The fraction of sp³-hybridized carbons (Fsp3) is 0.231. The highest BCUT2D eigenvalue weighted by Crippen LogP contribution is 2.27. The third kappa shape index (κ3) is 2.16. The van der Waals surface area contributed by atoms with Crippen molar-refractivity contribution in [1.82, 2.24) is 5.43 Å². The van der Waals surface area contributed by atoms with E-state index in [4.69, 9.17) is 5.84 Å². The minimum Gasteiger partial charge on any atom is -0.271 e. The summed E-state index contributed by atoms with van der Waals surface area (Å²) in [7, 11) is 0. The molecule has 1 unspecified atom stereocenters. The van der Waals surface area contributed by atoms with Gasteiger partial charge in [-0.1, -0.05) is 29.8 Å². The Bertz CT molecular complexity index is 476. The second-order valence-electron chi connectivity index (χ2n) is 4.02. The number of hydrazine groups is 1. The number of hydrogen-bond acceptors (Lipinski definition) is 3. The van der Waals surface area contributed by atoms with Crippen molar-refractivity contribution in [2.75, 3.05) is 0 Å². The molecule has 1 aromatic carbocycles. The highest BCUT2D eigenvalue weighted by atomic mass is 32.1. The molecule has 0 aliphatic rings. The van der Waals surface area contributed by atoms with Gasteiger partial charge < -0.3 is 0 Å². The summed E-state index contributed by atoms with van der Waals surface area (Å²) in [5.74, 6) is 5.67. The van der Waals surface area contributed by atoms with Crippen molar-refractivity contribution in [1.29, 1.82) is 0 Å². The van der Waals surface area contributed by atoms with Crippen LogP contribution in [0.15, 0.2) is 35.0 Å². The van der Waals surface area contributed by atoms with Gasteiger partial charge in [0.2, 0.25) is 0 Å². The maximum atomic E-state index is 5.67. The van der Waals surface area contributed by atoms with E-state index in [2.05, 4.69) is 54.3 Å². The summed E-state index contributed by atoms with van der Waals surface area (Å²) in [5, 5.41) is 4.30. The molecule has 0 amide bonds. The first-order chi connectivity index (χ1) is 7.72. The molecule has 0 bridgehead atoms. The predicted molar refractivity (Wildman–Crippen MR) is 69.4 cm³/mol. The minimum atomic E-state index is 0.0890. The molecule has 16 heavy (non-hydrogen) atoms. The van der Waals surface area contributed by atoms with Gasteiger partial charge in [-0.05, 0) is 41.3 Å². The summed E-state index contributed by atoms with van der Waals surface area (Å²) in [5.41, 5.74) is 7.91. The van der Waals surface area contributed by atoms with Crippen molar-refractivity contribution in [3.63, 3.8) is 0 Å². The predicted octanol–water partition coefficient (Wildman–Crippen LogP) is 2.92. The molecule has 1 aromatic heterocycles. The Morgan fingerprint density at radius 1 is 1.25 bits per heavy atom. The van der Waals surface area contributed by atoms with E-state index in [0.717, 1.165) is 0 Å². The van der Waals surface area contributed by atoms with Crippen molar-refractivity contribution >= 4 is 11.3 Å². The zero-order valence-corrected chi connectivity index (χ0v) is 10.3. The Morgan fingerprint density at radius 2 is 2.06 bits per heavy atom. The van der Waals surface area contributed by atoms with Crippen molar-refractivity contribution in [3.8, 4) is 0 Å². The quantitative estimate of drug-likeness (QED) is 0.631. The van der Waals surface area contributed by atoms with Crippen molar-refractivity contribution < 1.29 is 0 Å². The third-order valence-corrected chi connectivity index (χ3v) is 3.63. The lowest BCUT2D eigenvalue weighted by atomic mass is 9.98. The molecule has 0 radical (unpaired) electrons. The molecule has 3 heteroatoms. The van der Waals surface area contributed by atoms with Crippen LogP contribution < -0.4 is 11.3 Å². The van der Waals surface area contributed by atoms with Crippen LogP contribution in [-0.4, -0.2) is 0 Å². The van der Waals surface area contributed by atoms with E-state index in [1.165, 1.54) is 22.3 Å². The van der Waals surface area contributed by atoms with Crippen LogP contribution in [0.4, 0.5) is 0 Å². The fourth-order valence-corrected chi connectivity index (χ4v) is 2.76. The lowest BCUT2D eigenvalue weighted by Crippen LogP contribution is -2.29. The molecule has 3 N–H and O–H groups in total. The van der Waals surface area contributed by atoms with E-state index in [9.17, 15) is 0 Å². The second-order valence-corrected chi connectivity index (χ2v) is 4.77. The molecular weight excluding hydrogens is 216 g/mol. The largest absolute Gasteiger partial charge is 0.271 e. The van der Waals surface area contributed by atoms with Gasteiger partial charge in [0, 0.05) is 0 Å². The van der Waals surface area contributed by atoms with Gasteiger partial charge >= 0.3 is 0 Å². The second kappa shape index (κ2) is 4.78. The molecule has 2 rings (SSSR count).